The van der Waals surface area contributed by atoms with Gasteiger partial charge in [-0.15, -0.1) is 0 Å². The van der Waals surface area contributed by atoms with Gasteiger partial charge in [0.15, 0.2) is 11.5 Å². The van der Waals surface area contributed by atoms with E-state index in [2.05, 4.69) is 24.1 Å². The summed E-state index contributed by atoms with van der Waals surface area (Å²) in [5.41, 5.74) is 3.42. The Labute approximate surface area is 176 Å². The number of ether oxygens (including phenoxy) is 2. The van der Waals surface area contributed by atoms with Gasteiger partial charge in [0.2, 0.25) is 5.91 Å². The molecule has 5 nitrogen and oxygen atoms in total. The van der Waals surface area contributed by atoms with Crippen LogP contribution in [0.3, 0.4) is 0 Å². The van der Waals surface area contributed by atoms with Crippen molar-refractivity contribution in [3.63, 3.8) is 0 Å². The van der Waals surface area contributed by atoms with E-state index in [0.717, 1.165) is 27.7 Å². The molecular formula is C24H29FN2O3. The molecule has 0 aliphatic carbocycles. The van der Waals surface area contributed by atoms with Crippen molar-refractivity contribution in [2.45, 2.75) is 40.2 Å². The Morgan fingerprint density at radius 2 is 1.90 bits per heavy atom. The molecule has 0 fully saturated rings. The van der Waals surface area contributed by atoms with E-state index in [-0.39, 0.29) is 24.2 Å². The third-order valence-electron chi connectivity index (χ3n) is 5.06. The normalized spacial score (nSPS) is 12.2. The molecule has 3 aromatic rings. The summed E-state index contributed by atoms with van der Waals surface area (Å²) in [7, 11) is 1.60. The third kappa shape index (κ3) is 4.93. The number of halogens is 1. The number of carbonyl (C=O) groups excluding carboxylic acids is 1. The van der Waals surface area contributed by atoms with E-state index in [1.807, 2.05) is 32.0 Å². The summed E-state index contributed by atoms with van der Waals surface area (Å²) in [6.07, 6.45) is 0.173. The van der Waals surface area contributed by atoms with E-state index < -0.39 is 0 Å². The lowest BCUT2D eigenvalue weighted by molar-refractivity contribution is -0.121. The zero-order chi connectivity index (χ0) is 21.8. The molecule has 0 aliphatic rings. The van der Waals surface area contributed by atoms with Gasteiger partial charge in [0.1, 0.15) is 5.82 Å². The molecule has 1 unspecified atom stereocenters. The minimum Gasteiger partial charge on any atom is -0.493 e. The zero-order valence-corrected chi connectivity index (χ0v) is 18.1. The summed E-state index contributed by atoms with van der Waals surface area (Å²) >= 11 is 0. The number of H-pyrrole nitrogens is 1. The van der Waals surface area contributed by atoms with E-state index in [0.29, 0.717) is 24.0 Å². The molecule has 30 heavy (non-hydrogen) atoms. The highest BCUT2D eigenvalue weighted by Gasteiger charge is 2.17. The molecule has 2 aromatic carbocycles. The molecule has 1 aromatic heterocycles. The van der Waals surface area contributed by atoms with Crippen molar-refractivity contribution < 1.29 is 18.7 Å². The quantitative estimate of drug-likeness (QED) is 0.542. The van der Waals surface area contributed by atoms with Gasteiger partial charge in [0.05, 0.1) is 26.2 Å². The first-order valence-electron chi connectivity index (χ1n) is 10.1. The Morgan fingerprint density at radius 3 is 2.60 bits per heavy atom. The lowest BCUT2D eigenvalue weighted by Crippen LogP contribution is -2.28. The zero-order valence-electron chi connectivity index (χ0n) is 18.1. The molecule has 0 bridgehead atoms. The molecule has 0 radical (unpaired) electrons. The van der Waals surface area contributed by atoms with Crippen molar-refractivity contribution in [2.75, 3.05) is 13.7 Å². The van der Waals surface area contributed by atoms with Crippen LogP contribution in [0.25, 0.3) is 10.9 Å². The molecule has 0 saturated heterocycles. The smallest absolute Gasteiger partial charge is 0.224 e. The van der Waals surface area contributed by atoms with Crippen molar-refractivity contribution in [1.29, 1.82) is 0 Å². The number of aromatic amines is 1. The van der Waals surface area contributed by atoms with Crippen LogP contribution in [0.5, 0.6) is 11.5 Å². The highest BCUT2D eigenvalue weighted by atomic mass is 19.1. The molecule has 0 saturated carbocycles. The second kappa shape index (κ2) is 9.20. The molecule has 1 atom stereocenters. The Morgan fingerprint density at radius 1 is 1.13 bits per heavy atom. The van der Waals surface area contributed by atoms with Crippen LogP contribution in [-0.2, 0) is 11.2 Å². The third-order valence-corrected chi connectivity index (χ3v) is 5.06. The summed E-state index contributed by atoms with van der Waals surface area (Å²) in [5.74, 6) is 1.29. The summed E-state index contributed by atoms with van der Waals surface area (Å²) in [4.78, 5) is 15.9. The van der Waals surface area contributed by atoms with Crippen LogP contribution >= 0.6 is 0 Å². The maximum atomic E-state index is 13.7. The Balaban J connectivity index is 1.71. The molecule has 160 valence electrons. The maximum absolute atomic E-state index is 13.7. The number of benzene rings is 2. The Bertz CT molecular complexity index is 1040. The number of aromatic nitrogens is 1. The fourth-order valence-corrected chi connectivity index (χ4v) is 3.45. The molecule has 1 heterocycles. The number of amides is 1. The molecule has 6 heteroatoms. The fourth-order valence-electron chi connectivity index (χ4n) is 3.45. The minimum absolute atomic E-state index is 0.130. The predicted octanol–water partition coefficient (Wildman–Crippen LogP) is 5.08. The van der Waals surface area contributed by atoms with Crippen LogP contribution in [0, 0.1) is 18.7 Å². The van der Waals surface area contributed by atoms with Gasteiger partial charge in [-0.1, -0.05) is 19.9 Å². The minimum atomic E-state index is -0.316. The van der Waals surface area contributed by atoms with Crippen molar-refractivity contribution in [1.82, 2.24) is 10.3 Å². The number of hydrogen-bond donors (Lipinski definition) is 2. The van der Waals surface area contributed by atoms with E-state index >= 15 is 0 Å². The average molecular weight is 413 g/mol. The lowest BCUT2D eigenvalue weighted by Gasteiger charge is -2.18. The number of methoxy groups -OCH3 is 1. The number of carbonyl (C=O) groups is 1. The summed E-state index contributed by atoms with van der Waals surface area (Å²) < 4.78 is 24.9. The number of hydrogen-bond acceptors (Lipinski definition) is 3. The van der Waals surface area contributed by atoms with E-state index in [4.69, 9.17) is 9.47 Å². The molecule has 1 amide bonds. The van der Waals surface area contributed by atoms with E-state index in [9.17, 15) is 9.18 Å². The van der Waals surface area contributed by atoms with Crippen LogP contribution in [0.2, 0.25) is 0 Å². The van der Waals surface area contributed by atoms with Crippen molar-refractivity contribution in [3.05, 3.63) is 59.0 Å². The largest absolute Gasteiger partial charge is 0.493 e. The Hall–Kier alpha value is -3.02. The molecule has 3 rings (SSSR count). The summed E-state index contributed by atoms with van der Waals surface area (Å²) in [6.45, 7) is 8.59. The highest BCUT2D eigenvalue weighted by Crippen LogP contribution is 2.31. The first-order valence-corrected chi connectivity index (χ1v) is 10.1. The number of rotatable bonds is 8. The fraction of sp³-hybridized carbons (Fsp3) is 0.375. The molecular weight excluding hydrogens is 383 g/mol. The molecule has 0 aliphatic heterocycles. The SMILES string of the molecule is COc1cc(C(C)NC(=O)Cc2c(C)[nH]c3ccc(F)cc23)ccc1OCC(C)C. The van der Waals surface area contributed by atoms with Crippen LogP contribution in [0.1, 0.15) is 43.6 Å². The molecule has 2 N–H and O–H groups in total. The standard InChI is InChI=1S/C24H29FN2O3/c1-14(2)13-30-22-9-6-17(10-23(22)29-5)15(3)27-24(28)12-19-16(4)26-21-8-7-18(25)11-20(19)21/h6-11,14-15,26H,12-13H2,1-5H3,(H,27,28). The van der Waals surface area contributed by atoms with E-state index in [1.54, 1.807) is 13.2 Å². The van der Waals surface area contributed by atoms with Crippen LogP contribution in [-0.4, -0.2) is 24.6 Å². The van der Waals surface area contributed by atoms with Gasteiger partial charge in [0, 0.05) is 16.6 Å². The second-order valence-corrected chi connectivity index (χ2v) is 8.00. The predicted molar refractivity (Wildman–Crippen MR) is 117 cm³/mol. The van der Waals surface area contributed by atoms with Gasteiger partial charge >= 0.3 is 0 Å². The first-order chi connectivity index (χ1) is 14.3. The monoisotopic (exact) mass is 412 g/mol. The van der Waals surface area contributed by atoms with E-state index in [1.165, 1.54) is 12.1 Å². The van der Waals surface area contributed by atoms with Crippen LogP contribution in [0.15, 0.2) is 36.4 Å². The first kappa shape index (κ1) is 21.7. The van der Waals surface area contributed by atoms with Gasteiger partial charge in [-0.05, 0) is 61.2 Å². The maximum Gasteiger partial charge on any atom is 0.224 e. The van der Waals surface area contributed by atoms with Gasteiger partial charge < -0.3 is 19.8 Å². The van der Waals surface area contributed by atoms with Crippen molar-refractivity contribution >= 4 is 16.8 Å². The number of fused-ring (bicyclic) bond motifs is 1. The number of aryl methyl sites for hydroxylation is 1. The van der Waals surface area contributed by atoms with Gasteiger partial charge in [-0.3, -0.25) is 4.79 Å². The average Bonchev–Trinajstić information content (AvgIpc) is 3.00. The van der Waals surface area contributed by atoms with Gasteiger partial charge in [-0.25, -0.2) is 4.39 Å². The van der Waals surface area contributed by atoms with Gasteiger partial charge in [0.25, 0.3) is 0 Å². The van der Waals surface area contributed by atoms with Crippen molar-refractivity contribution in [2.24, 2.45) is 5.92 Å². The summed E-state index contributed by atoms with van der Waals surface area (Å²) in [5, 5.41) is 3.76. The van der Waals surface area contributed by atoms with Gasteiger partial charge in [-0.2, -0.15) is 0 Å². The van der Waals surface area contributed by atoms with Crippen LogP contribution in [0.4, 0.5) is 4.39 Å². The second-order valence-electron chi connectivity index (χ2n) is 8.00. The summed E-state index contributed by atoms with van der Waals surface area (Å²) in [6, 6.07) is 10.0. The number of nitrogens with one attached hydrogen (secondary N) is 2. The lowest BCUT2D eigenvalue weighted by atomic mass is 10.0. The highest BCUT2D eigenvalue weighted by molar-refractivity contribution is 5.90. The van der Waals surface area contributed by atoms with Crippen LogP contribution < -0.4 is 14.8 Å². The molecule has 0 spiro atoms. The topological polar surface area (TPSA) is 63.3 Å². The Kier molecular flexibility index (Phi) is 6.65. The van der Waals surface area contributed by atoms with Crippen molar-refractivity contribution in [3.8, 4) is 11.5 Å².